The molecule has 1 spiro atoms. The van der Waals surface area contributed by atoms with Crippen LogP contribution >= 0.6 is 0 Å². The van der Waals surface area contributed by atoms with E-state index >= 15 is 0 Å². The number of carbonyl (C=O) groups is 1. The fourth-order valence-electron chi connectivity index (χ4n) is 4.76. The largest absolute Gasteiger partial charge is 0.586 e. The van der Waals surface area contributed by atoms with Crippen LogP contribution in [0.4, 0.5) is 8.78 Å². The minimum Gasteiger partial charge on any atom is -0.395 e. The molecule has 1 aromatic carbocycles. The van der Waals surface area contributed by atoms with Crippen molar-refractivity contribution in [2.75, 3.05) is 0 Å². The molecule has 1 saturated carbocycles. The smallest absolute Gasteiger partial charge is 0.395 e. The standard InChI is InChI=1S/C22H22F2N2O3/c1-13-5-8-21(19(27)11-13)9-6-16(26-21)17-12-14(7-10-25-17)15-3-2-4-18-20(15)29-22(23,24)28-18/h2-4,7,10,12-13,16,26H,5-6,8-9,11H2,1H3. The van der Waals surface area contributed by atoms with E-state index in [9.17, 15) is 13.6 Å². The van der Waals surface area contributed by atoms with E-state index in [2.05, 4.69) is 22.0 Å². The summed E-state index contributed by atoms with van der Waals surface area (Å²) in [5.74, 6) is 0.784. The molecule has 5 rings (SSSR count). The Kier molecular flexibility index (Phi) is 4.13. The van der Waals surface area contributed by atoms with Gasteiger partial charge in [0.25, 0.3) is 0 Å². The van der Waals surface area contributed by atoms with Crippen molar-refractivity contribution in [2.45, 2.75) is 56.9 Å². The summed E-state index contributed by atoms with van der Waals surface area (Å²) in [5, 5.41) is 3.55. The molecule has 3 heterocycles. The number of nitrogens with one attached hydrogen (secondary N) is 1. The van der Waals surface area contributed by atoms with Gasteiger partial charge in [0.15, 0.2) is 17.3 Å². The highest BCUT2D eigenvalue weighted by atomic mass is 19.3. The lowest BCUT2D eigenvalue weighted by Crippen LogP contribution is -2.51. The average Bonchev–Trinajstić information content (AvgIpc) is 3.25. The number of ether oxygens (including phenoxy) is 2. The first-order chi connectivity index (χ1) is 13.9. The van der Waals surface area contributed by atoms with E-state index in [1.807, 2.05) is 6.07 Å². The Morgan fingerprint density at radius 2 is 2.00 bits per heavy atom. The number of aromatic nitrogens is 1. The number of carbonyl (C=O) groups excluding carboxylic acids is 1. The molecule has 152 valence electrons. The lowest BCUT2D eigenvalue weighted by Gasteiger charge is -2.35. The third kappa shape index (κ3) is 3.17. The van der Waals surface area contributed by atoms with Crippen molar-refractivity contribution in [1.29, 1.82) is 0 Å². The van der Waals surface area contributed by atoms with Gasteiger partial charge >= 0.3 is 6.29 Å². The molecular formula is C22H22F2N2O3. The number of hydrogen-bond donors (Lipinski definition) is 1. The first kappa shape index (κ1) is 18.5. The zero-order chi connectivity index (χ0) is 20.2. The SMILES string of the molecule is CC1CCC2(CCC(c3cc(-c4cccc5c4OC(F)(F)O5)ccn3)N2)C(=O)C1. The molecule has 1 saturated heterocycles. The fraction of sp³-hybridized carbons (Fsp3) is 0.455. The molecule has 1 aromatic heterocycles. The Morgan fingerprint density at radius 3 is 2.83 bits per heavy atom. The summed E-state index contributed by atoms with van der Waals surface area (Å²) in [6.45, 7) is 2.12. The summed E-state index contributed by atoms with van der Waals surface area (Å²) >= 11 is 0. The van der Waals surface area contributed by atoms with E-state index in [1.54, 1.807) is 24.4 Å². The Labute approximate surface area is 167 Å². The first-order valence-electron chi connectivity index (χ1n) is 10.0. The van der Waals surface area contributed by atoms with Crippen LogP contribution in [0.2, 0.25) is 0 Å². The molecule has 3 unspecified atom stereocenters. The Hall–Kier alpha value is -2.54. The summed E-state index contributed by atoms with van der Waals surface area (Å²) in [4.78, 5) is 17.2. The van der Waals surface area contributed by atoms with E-state index in [1.165, 1.54) is 6.07 Å². The third-order valence-electron chi connectivity index (χ3n) is 6.32. The van der Waals surface area contributed by atoms with Crippen molar-refractivity contribution >= 4 is 5.78 Å². The maximum absolute atomic E-state index is 13.5. The predicted molar refractivity (Wildman–Crippen MR) is 102 cm³/mol. The molecule has 1 aliphatic carbocycles. The quantitative estimate of drug-likeness (QED) is 0.797. The van der Waals surface area contributed by atoms with Crippen LogP contribution < -0.4 is 14.8 Å². The second-order valence-corrected chi connectivity index (χ2v) is 8.36. The van der Waals surface area contributed by atoms with E-state index in [0.717, 1.165) is 36.9 Å². The van der Waals surface area contributed by atoms with Crippen molar-refractivity contribution in [3.8, 4) is 22.6 Å². The zero-order valence-corrected chi connectivity index (χ0v) is 16.1. The van der Waals surface area contributed by atoms with Crippen LogP contribution in [0.1, 0.15) is 50.8 Å². The molecule has 1 N–H and O–H groups in total. The van der Waals surface area contributed by atoms with Crippen molar-refractivity contribution in [3.63, 3.8) is 0 Å². The molecule has 2 aromatic rings. The van der Waals surface area contributed by atoms with E-state index in [4.69, 9.17) is 4.74 Å². The van der Waals surface area contributed by atoms with Gasteiger partial charge in [-0.25, -0.2) is 0 Å². The Balaban J connectivity index is 1.43. The van der Waals surface area contributed by atoms with Crippen molar-refractivity contribution in [1.82, 2.24) is 10.3 Å². The molecule has 3 atom stereocenters. The van der Waals surface area contributed by atoms with Crippen LogP contribution in [0.3, 0.4) is 0 Å². The normalized spacial score (nSPS) is 30.1. The Bertz CT molecular complexity index is 980. The lowest BCUT2D eigenvalue weighted by molar-refractivity contribution is -0.286. The van der Waals surface area contributed by atoms with Gasteiger partial charge in [-0.3, -0.25) is 15.1 Å². The predicted octanol–water partition coefficient (Wildman–Crippen LogP) is 4.62. The first-order valence-corrected chi connectivity index (χ1v) is 10.0. The molecule has 0 amide bonds. The Morgan fingerprint density at radius 1 is 1.17 bits per heavy atom. The number of benzene rings is 1. The zero-order valence-electron chi connectivity index (χ0n) is 16.1. The number of nitrogens with zero attached hydrogens (tertiary/aromatic N) is 1. The molecule has 2 aliphatic heterocycles. The van der Waals surface area contributed by atoms with Gasteiger partial charge in [0.05, 0.1) is 17.3 Å². The van der Waals surface area contributed by atoms with Gasteiger partial charge in [-0.1, -0.05) is 19.1 Å². The average molecular weight is 400 g/mol. The molecule has 0 bridgehead atoms. The number of alkyl halides is 2. The molecule has 29 heavy (non-hydrogen) atoms. The lowest BCUT2D eigenvalue weighted by atomic mass is 9.75. The summed E-state index contributed by atoms with van der Waals surface area (Å²) in [6, 6.07) is 8.43. The fourth-order valence-corrected chi connectivity index (χ4v) is 4.76. The second-order valence-electron chi connectivity index (χ2n) is 8.36. The molecule has 0 radical (unpaired) electrons. The van der Waals surface area contributed by atoms with Gasteiger partial charge in [0.1, 0.15) is 0 Å². The molecule has 3 aliphatic rings. The minimum absolute atomic E-state index is 0.0192. The van der Waals surface area contributed by atoms with Gasteiger partial charge in [-0.15, -0.1) is 8.78 Å². The van der Waals surface area contributed by atoms with Gasteiger partial charge in [0, 0.05) is 18.2 Å². The molecule has 2 fully saturated rings. The van der Waals surface area contributed by atoms with Crippen LogP contribution in [0.25, 0.3) is 11.1 Å². The number of fused-ring (bicyclic) bond motifs is 1. The topological polar surface area (TPSA) is 60.5 Å². The molecular weight excluding hydrogens is 378 g/mol. The van der Waals surface area contributed by atoms with Crippen molar-refractivity contribution < 1.29 is 23.0 Å². The molecule has 5 nitrogen and oxygen atoms in total. The van der Waals surface area contributed by atoms with Gasteiger partial charge < -0.3 is 9.47 Å². The number of pyridine rings is 1. The van der Waals surface area contributed by atoms with Crippen LogP contribution in [0, 0.1) is 5.92 Å². The monoisotopic (exact) mass is 400 g/mol. The summed E-state index contributed by atoms with van der Waals surface area (Å²) in [7, 11) is 0. The second kappa shape index (κ2) is 6.49. The van der Waals surface area contributed by atoms with Gasteiger partial charge in [-0.05, 0) is 55.4 Å². The number of halogens is 2. The van der Waals surface area contributed by atoms with E-state index < -0.39 is 11.8 Å². The van der Waals surface area contributed by atoms with Crippen LogP contribution in [0.15, 0.2) is 36.5 Å². The maximum atomic E-state index is 13.5. The maximum Gasteiger partial charge on any atom is 0.586 e. The van der Waals surface area contributed by atoms with Crippen LogP contribution in [-0.2, 0) is 4.79 Å². The van der Waals surface area contributed by atoms with Crippen molar-refractivity contribution in [2.24, 2.45) is 5.92 Å². The highest BCUT2D eigenvalue weighted by molar-refractivity contribution is 5.89. The molecule has 7 heteroatoms. The van der Waals surface area contributed by atoms with E-state index in [0.29, 0.717) is 23.7 Å². The number of para-hydroxylation sites is 1. The van der Waals surface area contributed by atoms with Crippen LogP contribution in [-0.4, -0.2) is 22.6 Å². The van der Waals surface area contributed by atoms with Gasteiger partial charge in [-0.2, -0.15) is 0 Å². The van der Waals surface area contributed by atoms with E-state index in [-0.39, 0.29) is 17.5 Å². The van der Waals surface area contributed by atoms with Crippen molar-refractivity contribution in [3.05, 3.63) is 42.2 Å². The number of Topliss-reactive ketones (excluding diaryl/α,β-unsaturated/α-hetero) is 1. The minimum atomic E-state index is -3.66. The summed E-state index contributed by atoms with van der Waals surface area (Å²) in [5.41, 5.74) is 1.61. The number of hydrogen-bond acceptors (Lipinski definition) is 5. The highest BCUT2D eigenvalue weighted by Gasteiger charge is 2.47. The van der Waals surface area contributed by atoms with Crippen LogP contribution in [0.5, 0.6) is 11.5 Å². The van der Waals surface area contributed by atoms with Gasteiger partial charge in [0.2, 0.25) is 0 Å². The number of rotatable bonds is 2. The number of ketones is 1. The summed E-state index contributed by atoms with van der Waals surface area (Å²) in [6.07, 6.45) is 2.15. The highest BCUT2D eigenvalue weighted by Crippen LogP contribution is 2.47. The third-order valence-corrected chi connectivity index (χ3v) is 6.32. The summed E-state index contributed by atoms with van der Waals surface area (Å²) < 4.78 is 36.3.